The first-order valence-electron chi connectivity index (χ1n) is 6.41. The molecule has 0 fully saturated rings. The van der Waals surface area contributed by atoms with E-state index in [0.29, 0.717) is 5.84 Å². The fraction of sp³-hybridized carbons (Fsp3) is 0.118. The number of allylic oxidation sites excluding steroid dienone is 6. The third-order valence-electron chi connectivity index (χ3n) is 2.86. The average molecular weight is 250 g/mol. The number of amidine groups is 1. The summed E-state index contributed by atoms with van der Waals surface area (Å²) in [6, 6.07) is 9.81. The van der Waals surface area contributed by atoms with Crippen LogP contribution >= 0.6 is 0 Å². The molecule has 2 N–H and O–H groups in total. The Morgan fingerprint density at radius 3 is 2.74 bits per heavy atom. The van der Waals surface area contributed by atoms with Gasteiger partial charge in [-0.1, -0.05) is 66.8 Å². The standard InChI is InChI=1S/C17H18N2/c1-2-16(14-10-6-3-4-7-11-14)19-17(18)15-12-8-5-9-13-15/h2-3,5-13H,4H2,1H3,(H2,18,19)/b16-2-. The van der Waals surface area contributed by atoms with Gasteiger partial charge in [0.1, 0.15) is 5.84 Å². The lowest BCUT2D eigenvalue weighted by atomic mass is 10.1. The van der Waals surface area contributed by atoms with Gasteiger partial charge >= 0.3 is 0 Å². The van der Waals surface area contributed by atoms with Crippen LogP contribution in [0.2, 0.25) is 0 Å². The topological polar surface area (TPSA) is 38.4 Å². The summed E-state index contributed by atoms with van der Waals surface area (Å²) in [7, 11) is 0. The van der Waals surface area contributed by atoms with Gasteiger partial charge < -0.3 is 5.73 Å². The Hall–Kier alpha value is -2.35. The van der Waals surface area contributed by atoms with Crippen molar-refractivity contribution in [3.8, 4) is 0 Å². The third kappa shape index (κ3) is 3.55. The van der Waals surface area contributed by atoms with Crippen molar-refractivity contribution in [3.63, 3.8) is 0 Å². The first-order valence-corrected chi connectivity index (χ1v) is 6.41. The SMILES string of the molecule is C/C=C(\N=C(N)c1ccccc1)C1=CC=CCC=C1. The number of hydrogen-bond donors (Lipinski definition) is 1. The molecule has 0 radical (unpaired) electrons. The summed E-state index contributed by atoms with van der Waals surface area (Å²) >= 11 is 0. The van der Waals surface area contributed by atoms with Gasteiger partial charge in [0.25, 0.3) is 0 Å². The largest absolute Gasteiger partial charge is 0.383 e. The molecule has 19 heavy (non-hydrogen) atoms. The van der Waals surface area contributed by atoms with E-state index < -0.39 is 0 Å². The van der Waals surface area contributed by atoms with E-state index in [1.54, 1.807) is 0 Å². The van der Waals surface area contributed by atoms with Gasteiger partial charge in [-0.25, -0.2) is 4.99 Å². The van der Waals surface area contributed by atoms with Crippen LogP contribution in [-0.4, -0.2) is 5.84 Å². The molecule has 0 saturated carbocycles. The first kappa shape index (κ1) is 13.1. The van der Waals surface area contributed by atoms with E-state index in [1.165, 1.54) is 0 Å². The summed E-state index contributed by atoms with van der Waals surface area (Å²) in [4.78, 5) is 4.53. The highest BCUT2D eigenvalue weighted by Crippen LogP contribution is 2.17. The van der Waals surface area contributed by atoms with Gasteiger partial charge in [-0.2, -0.15) is 0 Å². The number of hydrogen-bond acceptors (Lipinski definition) is 1. The number of benzene rings is 1. The summed E-state index contributed by atoms with van der Waals surface area (Å²) in [6.07, 6.45) is 13.3. The van der Waals surface area contributed by atoms with Gasteiger partial charge in [0.2, 0.25) is 0 Å². The van der Waals surface area contributed by atoms with Crippen molar-refractivity contribution < 1.29 is 0 Å². The lowest BCUT2D eigenvalue weighted by molar-refractivity contribution is 1.29. The Bertz CT molecular complexity index is 573. The van der Waals surface area contributed by atoms with Crippen LogP contribution in [0.1, 0.15) is 18.9 Å². The van der Waals surface area contributed by atoms with Crippen molar-refractivity contribution in [2.45, 2.75) is 13.3 Å². The van der Waals surface area contributed by atoms with E-state index in [4.69, 9.17) is 5.73 Å². The molecule has 0 unspecified atom stereocenters. The van der Waals surface area contributed by atoms with Crippen LogP contribution in [-0.2, 0) is 0 Å². The molecule has 1 aromatic carbocycles. The van der Waals surface area contributed by atoms with E-state index in [-0.39, 0.29) is 0 Å². The van der Waals surface area contributed by atoms with Crippen molar-refractivity contribution >= 4 is 5.84 Å². The number of nitrogens with two attached hydrogens (primary N) is 1. The Labute approximate surface area is 114 Å². The molecular formula is C17H18N2. The summed E-state index contributed by atoms with van der Waals surface area (Å²) in [6.45, 7) is 1.97. The molecule has 2 rings (SSSR count). The van der Waals surface area contributed by atoms with E-state index in [2.05, 4.69) is 29.3 Å². The predicted octanol–water partition coefficient (Wildman–Crippen LogP) is 3.74. The highest BCUT2D eigenvalue weighted by Gasteiger charge is 2.03. The van der Waals surface area contributed by atoms with Gasteiger partial charge in [0, 0.05) is 5.56 Å². The van der Waals surface area contributed by atoms with Gasteiger partial charge in [-0.05, 0) is 18.9 Å². The van der Waals surface area contributed by atoms with Crippen LogP contribution in [0.4, 0.5) is 0 Å². The molecule has 1 aliphatic carbocycles. The molecule has 2 nitrogen and oxygen atoms in total. The van der Waals surface area contributed by atoms with E-state index in [0.717, 1.165) is 23.3 Å². The Morgan fingerprint density at radius 2 is 2.00 bits per heavy atom. The smallest absolute Gasteiger partial charge is 0.131 e. The van der Waals surface area contributed by atoms with E-state index in [1.807, 2.05) is 49.4 Å². The Balaban J connectivity index is 2.29. The van der Waals surface area contributed by atoms with E-state index in [9.17, 15) is 0 Å². The summed E-state index contributed by atoms with van der Waals surface area (Å²) < 4.78 is 0. The zero-order chi connectivity index (χ0) is 13.5. The van der Waals surface area contributed by atoms with Crippen LogP contribution in [0, 0.1) is 0 Å². The summed E-state index contributed by atoms with van der Waals surface area (Å²) in [5.74, 6) is 0.538. The molecule has 0 amide bonds. The maximum Gasteiger partial charge on any atom is 0.131 e. The molecule has 2 heteroatoms. The zero-order valence-electron chi connectivity index (χ0n) is 11.1. The highest BCUT2D eigenvalue weighted by atomic mass is 14.9. The van der Waals surface area contributed by atoms with Crippen LogP contribution in [0.25, 0.3) is 0 Å². The van der Waals surface area contributed by atoms with Gasteiger partial charge in [-0.3, -0.25) is 0 Å². The monoisotopic (exact) mass is 250 g/mol. The Kier molecular flexibility index (Phi) is 4.51. The fourth-order valence-corrected chi connectivity index (χ4v) is 1.85. The zero-order valence-corrected chi connectivity index (χ0v) is 11.1. The first-order chi connectivity index (χ1) is 9.31. The average Bonchev–Trinajstić information content (AvgIpc) is 2.74. The van der Waals surface area contributed by atoms with Crippen molar-refractivity contribution in [2.75, 3.05) is 0 Å². The Morgan fingerprint density at radius 1 is 1.21 bits per heavy atom. The number of nitrogens with zero attached hydrogens (tertiary/aromatic N) is 1. The summed E-state index contributed by atoms with van der Waals surface area (Å²) in [5.41, 5.74) is 8.97. The maximum absolute atomic E-state index is 6.06. The van der Waals surface area contributed by atoms with Gasteiger partial charge in [0.15, 0.2) is 0 Å². The fourth-order valence-electron chi connectivity index (χ4n) is 1.85. The molecule has 1 aromatic rings. The molecule has 1 aliphatic rings. The second-order valence-electron chi connectivity index (χ2n) is 4.23. The quantitative estimate of drug-likeness (QED) is 0.644. The minimum atomic E-state index is 0.538. The van der Waals surface area contributed by atoms with Crippen molar-refractivity contribution in [2.24, 2.45) is 10.7 Å². The summed E-state index contributed by atoms with van der Waals surface area (Å²) in [5, 5.41) is 0. The van der Waals surface area contributed by atoms with Crippen LogP contribution in [0.5, 0.6) is 0 Å². The lowest BCUT2D eigenvalue weighted by Gasteiger charge is -2.05. The molecule has 0 spiro atoms. The predicted molar refractivity (Wildman–Crippen MR) is 81.9 cm³/mol. The third-order valence-corrected chi connectivity index (χ3v) is 2.86. The molecule has 0 saturated heterocycles. The van der Waals surface area contributed by atoms with Crippen molar-refractivity contribution in [1.82, 2.24) is 0 Å². The normalized spacial score (nSPS) is 16.2. The van der Waals surface area contributed by atoms with Crippen molar-refractivity contribution in [1.29, 1.82) is 0 Å². The maximum atomic E-state index is 6.06. The number of aliphatic imine (C=N–C) groups is 1. The lowest BCUT2D eigenvalue weighted by Crippen LogP contribution is -2.13. The minimum absolute atomic E-state index is 0.538. The molecule has 0 bridgehead atoms. The molecule has 0 atom stereocenters. The van der Waals surface area contributed by atoms with Crippen LogP contribution in [0.3, 0.4) is 0 Å². The molecule has 0 heterocycles. The van der Waals surface area contributed by atoms with Crippen molar-refractivity contribution in [3.05, 3.63) is 83.6 Å². The second-order valence-corrected chi connectivity index (χ2v) is 4.23. The minimum Gasteiger partial charge on any atom is -0.383 e. The molecule has 0 aliphatic heterocycles. The molecule has 0 aromatic heterocycles. The molecule has 96 valence electrons. The number of rotatable bonds is 3. The van der Waals surface area contributed by atoms with Gasteiger partial charge in [0.05, 0.1) is 5.70 Å². The van der Waals surface area contributed by atoms with Crippen LogP contribution < -0.4 is 5.73 Å². The highest BCUT2D eigenvalue weighted by molar-refractivity contribution is 5.98. The second kappa shape index (κ2) is 6.55. The van der Waals surface area contributed by atoms with E-state index >= 15 is 0 Å². The molecular weight excluding hydrogens is 232 g/mol. The van der Waals surface area contributed by atoms with Crippen LogP contribution in [0.15, 0.2) is 83.1 Å². The van der Waals surface area contributed by atoms with Gasteiger partial charge in [-0.15, -0.1) is 0 Å².